The fraction of sp³-hybridized carbons (Fsp3) is 0.114. The van der Waals surface area contributed by atoms with Crippen LogP contribution in [0.4, 0.5) is 43.4 Å². The lowest BCUT2D eigenvalue weighted by Gasteiger charge is -2.10. The average molecular weight is 821 g/mol. The van der Waals surface area contributed by atoms with Crippen LogP contribution < -0.4 is 20.9 Å². The van der Waals surface area contributed by atoms with E-state index in [1.54, 1.807) is 24.3 Å². The number of alkyl halides is 6. The van der Waals surface area contributed by atoms with Crippen LogP contribution >= 0.6 is 0 Å². The van der Waals surface area contributed by atoms with Crippen LogP contribution in [0.25, 0.3) is 33.9 Å². The van der Waals surface area contributed by atoms with Crippen LogP contribution in [0.1, 0.15) is 21.7 Å². The monoisotopic (exact) mass is 820 g/mol. The summed E-state index contributed by atoms with van der Waals surface area (Å²) in [5, 5.41) is 7.33. The van der Waals surface area contributed by atoms with Gasteiger partial charge in [-0.3, -0.25) is 14.2 Å². The first kappa shape index (κ1) is 40.8. The Bertz CT molecular complexity index is 2570. The molecule has 56 heavy (non-hydrogen) atoms. The van der Waals surface area contributed by atoms with E-state index in [4.69, 9.17) is 11.5 Å². The molecule has 1 amide bonds. The van der Waals surface area contributed by atoms with Gasteiger partial charge in [-0.1, -0.05) is 24.3 Å². The third-order valence-electron chi connectivity index (χ3n) is 7.50. The van der Waals surface area contributed by atoms with Crippen LogP contribution in [0.3, 0.4) is 0 Å². The van der Waals surface area contributed by atoms with Crippen LogP contribution in [-0.4, -0.2) is 54.8 Å². The Labute approximate surface area is 315 Å². The number of aromatic nitrogens is 4. The quantitative estimate of drug-likeness (QED) is 0.0932. The van der Waals surface area contributed by atoms with Crippen molar-refractivity contribution in [1.82, 2.24) is 19.6 Å². The minimum Gasteiger partial charge on any atom is -0.399 e. The Hall–Kier alpha value is -6.35. The predicted octanol–water partition coefficient (Wildman–Crippen LogP) is 6.54. The molecule has 0 saturated carbocycles. The number of amides is 1. The standard InChI is InChI=1S/C18H15F3N4O3S.C17H15F3N4O2S/c1-29(27,28)24-13-6-8-14(9-7-13)25-15(10-16(23-25)18(19,20)21)11-2-4-12(5-3-11)17(22)26;1-27(25,26)23-13-6-8-14(9-7-13)24-15(10-16(22-24)17(18,19)20)11-2-4-12(21)5-3-11/h2-10,24H,1H3,(H2,22,26);2-10,23H,21H2,1H3. The Morgan fingerprint density at radius 3 is 1.23 bits per heavy atom. The highest BCUT2D eigenvalue weighted by Crippen LogP contribution is 2.35. The molecule has 294 valence electrons. The second kappa shape index (κ2) is 15.4. The third-order valence-corrected chi connectivity index (χ3v) is 8.71. The molecule has 0 aliphatic heterocycles. The molecule has 0 atom stereocenters. The van der Waals surface area contributed by atoms with E-state index in [0.717, 1.165) is 34.0 Å². The summed E-state index contributed by atoms with van der Waals surface area (Å²) in [6, 6.07) is 25.5. The molecule has 21 heteroatoms. The van der Waals surface area contributed by atoms with Gasteiger partial charge in [0.1, 0.15) is 0 Å². The molecule has 6 rings (SSSR count). The van der Waals surface area contributed by atoms with Crippen molar-refractivity contribution < 1.29 is 48.0 Å². The minimum atomic E-state index is -4.66. The first-order chi connectivity index (χ1) is 26.0. The van der Waals surface area contributed by atoms with Gasteiger partial charge in [0, 0.05) is 33.8 Å². The normalized spacial score (nSPS) is 12.1. The van der Waals surface area contributed by atoms with Crippen LogP contribution in [0, 0.1) is 0 Å². The molecule has 2 heterocycles. The zero-order valence-corrected chi connectivity index (χ0v) is 30.6. The van der Waals surface area contributed by atoms with E-state index in [9.17, 15) is 48.0 Å². The van der Waals surface area contributed by atoms with Crippen molar-refractivity contribution in [2.75, 3.05) is 27.7 Å². The zero-order valence-electron chi connectivity index (χ0n) is 29.0. The highest BCUT2D eigenvalue weighted by molar-refractivity contribution is 7.92. The lowest BCUT2D eigenvalue weighted by molar-refractivity contribution is -0.142. The molecule has 0 saturated heterocycles. The maximum atomic E-state index is 13.2. The van der Waals surface area contributed by atoms with Crippen LogP contribution in [-0.2, 0) is 32.4 Å². The summed E-state index contributed by atoms with van der Waals surface area (Å²) in [6.07, 6.45) is -7.28. The Kier molecular flexibility index (Phi) is 11.2. The average Bonchev–Trinajstić information content (AvgIpc) is 3.75. The van der Waals surface area contributed by atoms with Crippen LogP contribution in [0.15, 0.2) is 109 Å². The summed E-state index contributed by atoms with van der Waals surface area (Å²) in [5.74, 6) is -0.657. The highest BCUT2D eigenvalue weighted by atomic mass is 32.2. The maximum absolute atomic E-state index is 13.2. The summed E-state index contributed by atoms with van der Waals surface area (Å²) in [4.78, 5) is 11.2. The van der Waals surface area contributed by atoms with Crippen molar-refractivity contribution in [1.29, 1.82) is 0 Å². The molecule has 0 unspecified atom stereocenters. The van der Waals surface area contributed by atoms with Gasteiger partial charge in [0.05, 0.1) is 35.3 Å². The summed E-state index contributed by atoms with van der Waals surface area (Å²) < 4.78 is 131. The number of hydrogen-bond donors (Lipinski definition) is 4. The van der Waals surface area contributed by atoms with Gasteiger partial charge in [0.2, 0.25) is 26.0 Å². The zero-order chi connectivity index (χ0) is 41.2. The fourth-order valence-corrected chi connectivity index (χ4v) is 6.20. The number of primary amides is 1. The molecule has 4 aromatic carbocycles. The van der Waals surface area contributed by atoms with Crippen LogP contribution in [0.5, 0.6) is 0 Å². The lowest BCUT2D eigenvalue weighted by Crippen LogP contribution is -2.10. The summed E-state index contributed by atoms with van der Waals surface area (Å²) in [5.41, 5.74) is 11.8. The van der Waals surface area contributed by atoms with E-state index in [2.05, 4.69) is 19.6 Å². The van der Waals surface area contributed by atoms with Gasteiger partial charge in [-0.25, -0.2) is 26.2 Å². The molecule has 13 nitrogen and oxygen atoms in total. The number of carbonyl (C=O) groups excluding carboxylic acids is 1. The van der Waals surface area contributed by atoms with Gasteiger partial charge in [-0.15, -0.1) is 0 Å². The largest absolute Gasteiger partial charge is 0.435 e. The van der Waals surface area contributed by atoms with E-state index in [1.807, 2.05) is 0 Å². The molecule has 0 aliphatic rings. The number of halogens is 6. The number of nitrogens with zero attached hydrogens (tertiary/aromatic N) is 4. The number of sulfonamides is 2. The van der Waals surface area contributed by atoms with Crippen molar-refractivity contribution >= 4 is 43.0 Å². The second-order valence-electron chi connectivity index (χ2n) is 12.1. The van der Waals surface area contributed by atoms with Crippen molar-refractivity contribution in [3.05, 3.63) is 126 Å². The Morgan fingerprint density at radius 2 is 0.929 bits per heavy atom. The van der Waals surface area contributed by atoms with Crippen molar-refractivity contribution in [2.45, 2.75) is 12.4 Å². The van der Waals surface area contributed by atoms with Gasteiger partial charge < -0.3 is 11.5 Å². The maximum Gasteiger partial charge on any atom is 0.435 e. The first-order valence-corrected chi connectivity index (χ1v) is 19.5. The van der Waals surface area contributed by atoms with E-state index in [1.165, 1.54) is 72.8 Å². The SMILES string of the molecule is CS(=O)(=O)Nc1ccc(-n2nc(C(F)(F)F)cc2-c2ccc(C(N)=O)cc2)cc1.CS(=O)(=O)Nc1ccc(-n2nc(C(F)(F)F)cc2-c2ccc(N)cc2)cc1. The molecule has 0 radical (unpaired) electrons. The topological polar surface area (TPSA) is 197 Å². The summed E-state index contributed by atoms with van der Waals surface area (Å²) >= 11 is 0. The smallest absolute Gasteiger partial charge is 0.399 e. The first-order valence-electron chi connectivity index (χ1n) is 15.7. The molecule has 0 fully saturated rings. The van der Waals surface area contributed by atoms with Crippen LogP contribution in [0.2, 0.25) is 0 Å². The minimum absolute atomic E-state index is 0.136. The van der Waals surface area contributed by atoms with Crippen molar-refractivity contribution in [3.8, 4) is 33.9 Å². The Balaban J connectivity index is 0.000000215. The Morgan fingerprint density at radius 1 is 0.589 bits per heavy atom. The molecule has 0 aliphatic carbocycles. The van der Waals surface area contributed by atoms with Gasteiger partial charge in [-0.05, 0) is 84.9 Å². The summed E-state index contributed by atoms with van der Waals surface area (Å²) in [7, 11) is -6.95. The molecule has 0 bridgehead atoms. The summed E-state index contributed by atoms with van der Waals surface area (Å²) in [6.45, 7) is 0. The molecule has 2 aromatic heterocycles. The van der Waals surface area contributed by atoms with Gasteiger partial charge >= 0.3 is 12.4 Å². The number of hydrogen-bond acceptors (Lipinski definition) is 8. The number of nitrogens with two attached hydrogens (primary N) is 2. The molecule has 6 aromatic rings. The molecular weight excluding hydrogens is 791 g/mol. The number of nitrogens with one attached hydrogen (secondary N) is 2. The van der Waals surface area contributed by atoms with E-state index in [0.29, 0.717) is 28.2 Å². The fourth-order valence-electron chi connectivity index (χ4n) is 5.07. The highest BCUT2D eigenvalue weighted by Gasteiger charge is 2.36. The molecular formula is C35H30F6N8O5S2. The number of nitrogen functional groups attached to an aromatic ring is 1. The van der Waals surface area contributed by atoms with E-state index < -0.39 is 49.7 Å². The van der Waals surface area contributed by atoms with Gasteiger partial charge in [-0.2, -0.15) is 36.5 Å². The van der Waals surface area contributed by atoms with Crippen molar-refractivity contribution in [2.24, 2.45) is 5.73 Å². The second-order valence-corrected chi connectivity index (χ2v) is 15.6. The van der Waals surface area contributed by atoms with Crippen molar-refractivity contribution in [3.63, 3.8) is 0 Å². The number of benzene rings is 4. The number of rotatable bonds is 9. The number of carbonyl (C=O) groups is 1. The van der Waals surface area contributed by atoms with Gasteiger partial charge in [0.15, 0.2) is 11.4 Å². The van der Waals surface area contributed by atoms with Gasteiger partial charge in [0.25, 0.3) is 0 Å². The van der Waals surface area contributed by atoms with E-state index >= 15 is 0 Å². The number of anilines is 3. The lowest BCUT2D eigenvalue weighted by atomic mass is 10.1. The predicted molar refractivity (Wildman–Crippen MR) is 198 cm³/mol. The van der Waals surface area contributed by atoms with E-state index in [-0.39, 0.29) is 28.3 Å². The third kappa shape index (κ3) is 10.4. The molecule has 6 N–H and O–H groups in total. The molecule has 0 spiro atoms.